The first-order chi connectivity index (χ1) is 7.55. The molecule has 0 spiro atoms. The number of Topliss-reactive ketones (excluding diaryl/α,β-unsaturated/α-hetero) is 1. The van der Waals surface area contributed by atoms with Gasteiger partial charge in [-0.1, -0.05) is 6.08 Å². The summed E-state index contributed by atoms with van der Waals surface area (Å²) in [4.78, 5) is 20.6. The van der Waals surface area contributed by atoms with Gasteiger partial charge in [0.05, 0.1) is 26.4 Å². The summed E-state index contributed by atoms with van der Waals surface area (Å²) < 4.78 is 34.4. The summed E-state index contributed by atoms with van der Waals surface area (Å²) in [6.07, 6.45) is 1.53. The zero-order chi connectivity index (χ0) is 12.0. The van der Waals surface area contributed by atoms with Gasteiger partial charge in [-0.25, -0.2) is 0 Å². The number of rotatable bonds is 0. The smallest absolute Gasteiger partial charge is 0.366 e. The average molecular weight is 234 g/mol. The van der Waals surface area contributed by atoms with E-state index >= 15 is 0 Å². The van der Waals surface area contributed by atoms with Crippen molar-refractivity contribution in [2.24, 2.45) is 0 Å². The van der Waals surface area contributed by atoms with E-state index in [1.807, 2.05) is 0 Å². The van der Waals surface area contributed by atoms with E-state index in [2.05, 4.69) is 0 Å². The predicted molar refractivity (Wildman–Crippen MR) is 50.4 cm³/mol. The Bertz CT molecular complexity index is 284. The highest BCUT2D eigenvalue weighted by molar-refractivity contribution is 6.15. The third-order valence-corrected chi connectivity index (χ3v) is 1.98. The van der Waals surface area contributed by atoms with Crippen LogP contribution in [0.1, 0.15) is 6.42 Å². The summed E-state index contributed by atoms with van der Waals surface area (Å²) in [6, 6.07) is 0. The quantitative estimate of drug-likeness (QED) is 0.580. The number of hydrogen-bond acceptors (Lipinski definition) is 4. The molecule has 0 saturated carbocycles. The van der Waals surface area contributed by atoms with Crippen LogP contribution in [0, 0.1) is 0 Å². The van der Waals surface area contributed by atoms with E-state index in [9.17, 15) is 18.4 Å². The normalized spacial score (nSPS) is 23.6. The molecule has 0 unspecified atom stereocenters. The molecule has 0 aromatic rings. The Kier molecular flexibility index (Phi) is 4.70. The van der Waals surface area contributed by atoms with Crippen LogP contribution in [-0.2, 0) is 19.1 Å². The molecule has 0 atom stereocenters. The minimum atomic E-state index is -3.77. The molecule has 0 bridgehead atoms. The zero-order valence-electron chi connectivity index (χ0n) is 8.58. The monoisotopic (exact) mass is 234 g/mol. The lowest BCUT2D eigenvalue weighted by atomic mass is 10.0. The summed E-state index contributed by atoms with van der Waals surface area (Å²) in [5.41, 5.74) is 0. The van der Waals surface area contributed by atoms with Gasteiger partial charge in [-0.3, -0.25) is 9.59 Å². The van der Waals surface area contributed by atoms with E-state index in [0.29, 0.717) is 0 Å². The molecule has 4 nitrogen and oxygen atoms in total. The fourth-order valence-electron chi connectivity index (χ4n) is 1.08. The molecule has 2 aliphatic rings. The van der Waals surface area contributed by atoms with Gasteiger partial charge in [0.1, 0.15) is 0 Å². The van der Waals surface area contributed by atoms with E-state index in [1.165, 1.54) is 0 Å². The Hall–Kier alpha value is -1.14. The van der Waals surface area contributed by atoms with Crippen molar-refractivity contribution in [3.05, 3.63) is 12.2 Å². The highest BCUT2D eigenvalue weighted by atomic mass is 19.3. The molecule has 0 radical (unpaired) electrons. The van der Waals surface area contributed by atoms with E-state index in [0.717, 1.165) is 38.6 Å². The Balaban J connectivity index is 0.000000181. The van der Waals surface area contributed by atoms with Crippen LogP contribution in [0.4, 0.5) is 8.78 Å². The third-order valence-electron chi connectivity index (χ3n) is 1.98. The molecule has 0 N–H and O–H groups in total. The molecule has 6 heteroatoms. The first kappa shape index (κ1) is 12.9. The van der Waals surface area contributed by atoms with Gasteiger partial charge < -0.3 is 9.47 Å². The highest BCUT2D eigenvalue weighted by Gasteiger charge is 2.45. The second-order valence-electron chi connectivity index (χ2n) is 3.19. The van der Waals surface area contributed by atoms with Gasteiger partial charge in [-0.05, 0) is 6.08 Å². The van der Waals surface area contributed by atoms with Crippen LogP contribution in [0.3, 0.4) is 0 Å². The molecule has 1 fully saturated rings. The Labute approximate surface area is 91.2 Å². The van der Waals surface area contributed by atoms with Gasteiger partial charge in [0.2, 0.25) is 11.6 Å². The maximum absolute atomic E-state index is 12.2. The van der Waals surface area contributed by atoms with Crippen molar-refractivity contribution in [1.29, 1.82) is 0 Å². The zero-order valence-corrected chi connectivity index (χ0v) is 8.58. The molecule has 1 aliphatic heterocycles. The third kappa shape index (κ3) is 3.46. The molecular weight excluding hydrogens is 222 g/mol. The molecule has 0 aromatic carbocycles. The van der Waals surface area contributed by atoms with Crippen molar-refractivity contribution in [3.63, 3.8) is 0 Å². The molecule has 0 aromatic heterocycles. The Morgan fingerprint density at radius 2 is 1.56 bits per heavy atom. The number of carbonyl (C=O) groups excluding carboxylic acids is 2. The van der Waals surface area contributed by atoms with Gasteiger partial charge in [0, 0.05) is 6.42 Å². The fraction of sp³-hybridized carbons (Fsp3) is 0.600. The lowest BCUT2D eigenvalue weighted by Gasteiger charge is -2.12. The first-order valence-electron chi connectivity index (χ1n) is 4.82. The van der Waals surface area contributed by atoms with E-state index in [1.54, 1.807) is 0 Å². The molecule has 1 aliphatic carbocycles. The molecule has 16 heavy (non-hydrogen) atoms. The SMILES string of the molecule is C1COCCO1.O=C1C=CCC(=O)C1(F)F. The van der Waals surface area contributed by atoms with Crippen molar-refractivity contribution in [1.82, 2.24) is 0 Å². The summed E-state index contributed by atoms with van der Waals surface area (Å²) in [5, 5.41) is 0. The van der Waals surface area contributed by atoms with Crippen LogP contribution < -0.4 is 0 Å². The van der Waals surface area contributed by atoms with Crippen molar-refractivity contribution in [3.8, 4) is 0 Å². The molecule has 1 heterocycles. The maximum atomic E-state index is 12.2. The first-order valence-corrected chi connectivity index (χ1v) is 4.82. The topological polar surface area (TPSA) is 52.6 Å². The highest BCUT2D eigenvalue weighted by Crippen LogP contribution is 2.22. The minimum Gasteiger partial charge on any atom is -0.377 e. The molecule has 0 amide bonds. The largest absolute Gasteiger partial charge is 0.377 e. The van der Waals surface area contributed by atoms with Gasteiger partial charge in [0.25, 0.3) is 0 Å². The second kappa shape index (κ2) is 5.81. The standard InChI is InChI=1S/C6H4F2O2.C4H8O2/c7-6(8)4(9)2-1-3-5(6)10;1-2-6-4-3-5-1/h1-2H,3H2;1-4H2. The molecule has 1 saturated heterocycles. The van der Waals surface area contributed by atoms with Crippen LogP contribution in [0.5, 0.6) is 0 Å². The number of carbonyl (C=O) groups is 2. The molecule has 2 rings (SSSR count). The van der Waals surface area contributed by atoms with Crippen LogP contribution >= 0.6 is 0 Å². The number of alkyl halides is 2. The maximum Gasteiger partial charge on any atom is 0.366 e. The number of halogens is 2. The van der Waals surface area contributed by atoms with Crippen molar-refractivity contribution < 1.29 is 27.8 Å². The number of ketones is 2. The van der Waals surface area contributed by atoms with Crippen LogP contribution in [0.15, 0.2) is 12.2 Å². The second-order valence-corrected chi connectivity index (χ2v) is 3.19. The van der Waals surface area contributed by atoms with Crippen molar-refractivity contribution in [2.45, 2.75) is 12.3 Å². The fourth-order valence-corrected chi connectivity index (χ4v) is 1.08. The Morgan fingerprint density at radius 1 is 1.06 bits per heavy atom. The van der Waals surface area contributed by atoms with Gasteiger partial charge >= 0.3 is 5.92 Å². The van der Waals surface area contributed by atoms with Gasteiger partial charge in [-0.15, -0.1) is 0 Å². The predicted octanol–water partition coefficient (Wildman–Crippen LogP) is 0.753. The van der Waals surface area contributed by atoms with Crippen molar-refractivity contribution in [2.75, 3.05) is 26.4 Å². The summed E-state index contributed by atoms with van der Waals surface area (Å²) in [6.45, 7) is 3.11. The molecule has 90 valence electrons. The van der Waals surface area contributed by atoms with Crippen molar-refractivity contribution >= 4 is 11.6 Å². The average Bonchev–Trinajstić information content (AvgIpc) is 2.30. The number of allylic oxidation sites excluding steroid dienone is 2. The lowest BCUT2D eigenvalue weighted by molar-refractivity contribution is -0.153. The number of ether oxygens (including phenoxy) is 2. The van der Waals surface area contributed by atoms with Gasteiger partial charge in [0.15, 0.2) is 0 Å². The van der Waals surface area contributed by atoms with E-state index in [-0.39, 0.29) is 6.42 Å². The summed E-state index contributed by atoms with van der Waals surface area (Å²) in [5.74, 6) is -6.50. The molecular formula is C10H12F2O4. The van der Waals surface area contributed by atoms with Crippen LogP contribution in [-0.4, -0.2) is 43.9 Å². The summed E-state index contributed by atoms with van der Waals surface area (Å²) in [7, 11) is 0. The Morgan fingerprint density at radius 3 is 1.88 bits per heavy atom. The van der Waals surface area contributed by atoms with Crippen LogP contribution in [0.2, 0.25) is 0 Å². The van der Waals surface area contributed by atoms with Gasteiger partial charge in [-0.2, -0.15) is 8.78 Å². The lowest BCUT2D eigenvalue weighted by Crippen LogP contribution is -2.38. The number of hydrogen-bond donors (Lipinski definition) is 0. The van der Waals surface area contributed by atoms with Crippen LogP contribution in [0.25, 0.3) is 0 Å². The minimum absolute atomic E-state index is 0.348. The van der Waals surface area contributed by atoms with E-state index in [4.69, 9.17) is 9.47 Å². The van der Waals surface area contributed by atoms with E-state index < -0.39 is 17.5 Å². The summed E-state index contributed by atoms with van der Waals surface area (Å²) >= 11 is 0.